The van der Waals surface area contributed by atoms with Crippen molar-refractivity contribution in [2.75, 3.05) is 0 Å². The summed E-state index contributed by atoms with van der Waals surface area (Å²) in [5, 5.41) is 10.3. The maximum atomic E-state index is 5.37. The molecule has 3 heteroatoms. The van der Waals surface area contributed by atoms with Crippen molar-refractivity contribution in [2.45, 2.75) is 19.4 Å². The van der Waals surface area contributed by atoms with Crippen molar-refractivity contribution in [2.24, 2.45) is 15.9 Å². The number of aliphatic imine (C=N–C) groups is 2. The minimum absolute atomic E-state index is 0.0468. The Bertz CT molecular complexity index is 3210. The van der Waals surface area contributed by atoms with Gasteiger partial charge in [0.1, 0.15) is 0 Å². The van der Waals surface area contributed by atoms with Gasteiger partial charge >= 0.3 is 0 Å². The van der Waals surface area contributed by atoms with Gasteiger partial charge in [-0.05, 0) is 90.3 Å². The van der Waals surface area contributed by atoms with Gasteiger partial charge in [0, 0.05) is 31.7 Å². The lowest BCUT2D eigenvalue weighted by molar-refractivity contribution is 0.532. The number of rotatable bonds is 6. The van der Waals surface area contributed by atoms with Crippen molar-refractivity contribution in [3.05, 3.63) is 205 Å². The van der Waals surface area contributed by atoms with Crippen LogP contribution in [0.5, 0.6) is 0 Å². The fraction of sp³-hybridized carbons (Fsp3) is 0.0741. The first kappa shape index (κ1) is 33.6. The molecule has 0 fully saturated rings. The second-order valence-corrected chi connectivity index (χ2v) is 16.2. The third-order valence-corrected chi connectivity index (χ3v) is 13.0. The van der Waals surface area contributed by atoms with E-state index < -0.39 is 0 Å². The molecule has 2 unspecified atom stereocenters. The van der Waals surface area contributed by atoms with Crippen LogP contribution in [-0.2, 0) is 0 Å². The zero-order chi connectivity index (χ0) is 37.9. The quantitative estimate of drug-likeness (QED) is 0.151. The standard InChI is InChI=1S/C54H38N2S/c1-2-40-52(35-14-5-3-6-15-35)55-54(37-16-7-4-8-17-37)56-53(40)36-26-24-34(25-27-36)41-21-13-22-46-42-18-9-10-19-43(42)48-32-38(29-31-47(48)51(41)46)39-28-30-45-44-20-11-12-23-49(44)57-50(45)33-39/h3-33,40,53H,2H2,1H3. The molecule has 0 radical (unpaired) electrons. The first-order valence-corrected chi connectivity index (χ1v) is 20.7. The molecule has 2 atom stereocenters. The fourth-order valence-electron chi connectivity index (χ4n) is 9.12. The predicted octanol–water partition coefficient (Wildman–Crippen LogP) is 14.9. The monoisotopic (exact) mass is 746 g/mol. The van der Waals surface area contributed by atoms with Gasteiger partial charge in [-0.2, -0.15) is 0 Å². The molecule has 0 saturated carbocycles. The summed E-state index contributed by atoms with van der Waals surface area (Å²) in [6, 6.07) is 68.6. The van der Waals surface area contributed by atoms with Gasteiger partial charge in [-0.25, -0.2) is 4.99 Å². The zero-order valence-electron chi connectivity index (χ0n) is 31.6. The minimum Gasteiger partial charge on any atom is -0.257 e. The summed E-state index contributed by atoms with van der Waals surface area (Å²) in [5.74, 6) is 0.955. The number of nitrogens with zero attached hydrogens (tertiary/aromatic N) is 2. The molecule has 11 rings (SSSR count). The number of hydrogen-bond donors (Lipinski definition) is 0. The van der Waals surface area contributed by atoms with E-state index in [9.17, 15) is 0 Å². The van der Waals surface area contributed by atoms with E-state index in [2.05, 4.69) is 189 Å². The Morgan fingerprint density at radius 2 is 1.02 bits per heavy atom. The summed E-state index contributed by atoms with van der Waals surface area (Å²) < 4.78 is 2.66. The Morgan fingerprint density at radius 1 is 0.439 bits per heavy atom. The highest BCUT2D eigenvalue weighted by Crippen LogP contribution is 2.43. The number of amidine groups is 1. The van der Waals surface area contributed by atoms with Gasteiger partial charge in [-0.1, -0.05) is 177 Å². The Hall–Kier alpha value is -6.68. The summed E-state index contributed by atoms with van der Waals surface area (Å²) in [6.45, 7) is 2.26. The molecule has 1 aliphatic heterocycles. The largest absolute Gasteiger partial charge is 0.257 e. The maximum absolute atomic E-state index is 5.37. The van der Waals surface area contributed by atoms with Crippen molar-refractivity contribution in [3.8, 4) is 22.3 Å². The summed E-state index contributed by atoms with van der Waals surface area (Å²) in [4.78, 5) is 10.6. The molecule has 0 aliphatic carbocycles. The van der Waals surface area contributed by atoms with Gasteiger partial charge in [0.25, 0.3) is 0 Å². The van der Waals surface area contributed by atoms with E-state index in [0.29, 0.717) is 0 Å². The molecule has 57 heavy (non-hydrogen) atoms. The highest BCUT2D eigenvalue weighted by Gasteiger charge is 2.31. The summed E-state index contributed by atoms with van der Waals surface area (Å²) in [5.41, 5.74) is 9.44. The van der Waals surface area contributed by atoms with E-state index in [-0.39, 0.29) is 12.0 Å². The molecule has 2 heterocycles. The van der Waals surface area contributed by atoms with Crippen molar-refractivity contribution < 1.29 is 0 Å². The highest BCUT2D eigenvalue weighted by molar-refractivity contribution is 7.25. The lowest BCUT2D eigenvalue weighted by Crippen LogP contribution is -2.28. The van der Waals surface area contributed by atoms with Crippen LogP contribution in [0.3, 0.4) is 0 Å². The highest BCUT2D eigenvalue weighted by atomic mass is 32.1. The smallest absolute Gasteiger partial charge is 0.155 e. The first-order valence-electron chi connectivity index (χ1n) is 19.9. The average Bonchev–Trinajstić information content (AvgIpc) is 3.67. The maximum Gasteiger partial charge on any atom is 0.155 e. The van der Waals surface area contributed by atoms with E-state index in [1.807, 2.05) is 17.4 Å². The van der Waals surface area contributed by atoms with Crippen molar-refractivity contribution in [3.63, 3.8) is 0 Å². The van der Waals surface area contributed by atoms with E-state index in [1.165, 1.54) is 80.3 Å². The Morgan fingerprint density at radius 3 is 1.77 bits per heavy atom. The molecule has 0 saturated heterocycles. The third-order valence-electron chi connectivity index (χ3n) is 11.9. The van der Waals surface area contributed by atoms with E-state index >= 15 is 0 Å². The number of hydrogen-bond acceptors (Lipinski definition) is 3. The van der Waals surface area contributed by atoms with Crippen LogP contribution in [0, 0.1) is 5.92 Å². The van der Waals surface area contributed by atoms with Gasteiger partial charge in [0.05, 0.1) is 11.8 Å². The first-order chi connectivity index (χ1) is 28.2. The van der Waals surface area contributed by atoms with E-state index in [1.54, 1.807) is 0 Å². The van der Waals surface area contributed by atoms with Crippen LogP contribution in [0.4, 0.5) is 0 Å². The average molecular weight is 747 g/mol. The second-order valence-electron chi connectivity index (χ2n) is 15.1. The molecule has 0 bridgehead atoms. The van der Waals surface area contributed by atoms with Gasteiger partial charge in [0.2, 0.25) is 0 Å². The molecule has 0 spiro atoms. The SMILES string of the molecule is CCC1C(c2ccccc2)=NC(c2ccccc2)=NC1c1ccc(-c2cccc3c4ccccc4c4cc(-c5ccc6c(c5)sc5ccccc56)ccc4c23)cc1. The molecule has 1 aliphatic rings. The molecule has 2 nitrogen and oxygen atoms in total. The van der Waals surface area contributed by atoms with Crippen molar-refractivity contribution in [1.82, 2.24) is 0 Å². The fourth-order valence-corrected chi connectivity index (χ4v) is 10.3. The molecule has 270 valence electrons. The lowest BCUT2D eigenvalue weighted by Gasteiger charge is -2.30. The molecule has 0 N–H and O–H groups in total. The number of fused-ring (bicyclic) bond motifs is 9. The van der Waals surface area contributed by atoms with E-state index in [0.717, 1.165) is 29.1 Å². The Kier molecular flexibility index (Phi) is 8.15. The normalized spacial score (nSPS) is 15.7. The Balaban J connectivity index is 1.03. The van der Waals surface area contributed by atoms with Crippen molar-refractivity contribution in [1.29, 1.82) is 0 Å². The molecule has 9 aromatic carbocycles. The van der Waals surface area contributed by atoms with Crippen molar-refractivity contribution >= 4 is 75.4 Å². The third kappa shape index (κ3) is 5.69. The molecule has 1 aromatic heterocycles. The number of thiophene rings is 1. The topological polar surface area (TPSA) is 24.7 Å². The van der Waals surface area contributed by atoms with E-state index in [4.69, 9.17) is 9.98 Å². The second kappa shape index (κ2) is 13.8. The summed E-state index contributed by atoms with van der Waals surface area (Å²) in [6.07, 6.45) is 0.939. The van der Waals surface area contributed by atoms with Gasteiger partial charge in [0.15, 0.2) is 5.84 Å². The van der Waals surface area contributed by atoms with Gasteiger partial charge in [-0.15, -0.1) is 11.3 Å². The minimum atomic E-state index is -0.0468. The Labute approximate surface area is 336 Å². The molecule has 0 amide bonds. The number of benzene rings is 9. The molecular weight excluding hydrogens is 709 g/mol. The van der Waals surface area contributed by atoms with Gasteiger partial charge in [-0.3, -0.25) is 4.99 Å². The van der Waals surface area contributed by atoms with Crippen LogP contribution in [0.25, 0.3) is 74.7 Å². The van der Waals surface area contributed by atoms with Gasteiger partial charge < -0.3 is 0 Å². The summed E-state index contributed by atoms with van der Waals surface area (Å²) in [7, 11) is 0. The van der Waals surface area contributed by atoms with Crippen LogP contribution in [0.15, 0.2) is 198 Å². The summed E-state index contributed by atoms with van der Waals surface area (Å²) >= 11 is 1.87. The van der Waals surface area contributed by atoms with Crippen LogP contribution >= 0.6 is 11.3 Å². The molecular formula is C54H38N2S. The predicted molar refractivity (Wildman–Crippen MR) is 245 cm³/mol. The van der Waals surface area contributed by atoms with Crippen LogP contribution in [-0.4, -0.2) is 11.5 Å². The lowest BCUT2D eigenvalue weighted by atomic mass is 9.82. The van der Waals surface area contributed by atoms with Crippen LogP contribution in [0.1, 0.15) is 36.1 Å². The zero-order valence-corrected chi connectivity index (χ0v) is 32.4. The van der Waals surface area contributed by atoms with Crippen LogP contribution in [0.2, 0.25) is 0 Å². The molecule has 10 aromatic rings. The van der Waals surface area contributed by atoms with Crippen LogP contribution < -0.4 is 0 Å².